The Morgan fingerprint density at radius 3 is 2.65 bits per heavy atom. The summed E-state index contributed by atoms with van der Waals surface area (Å²) in [4.78, 5) is 35.1. The number of aromatic nitrogens is 1. The molecule has 168 valence electrons. The molecule has 34 heavy (non-hydrogen) atoms. The molecule has 0 saturated heterocycles. The number of rotatable bonds is 5. The Morgan fingerprint density at radius 1 is 1.06 bits per heavy atom. The summed E-state index contributed by atoms with van der Waals surface area (Å²) in [6, 6.07) is 24.1. The third kappa shape index (κ3) is 4.76. The van der Waals surface area contributed by atoms with Gasteiger partial charge >= 0.3 is 0 Å². The van der Waals surface area contributed by atoms with Crippen molar-refractivity contribution in [3.63, 3.8) is 0 Å². The van der Waals surface area contributed by atoms with Gasteiger partial charge < -0.3 is 10.3 Å². The zero-order chi connectivity index (χ0) is 23.5. The molecule has 0 aliphatic carbocycles. The van der Waals surface area contributed by atoms with Gasteiger partial charge in [0.15, 0.2) is 5.17 Å². The highest BCUT2D eigenvalue weighted by atomic mass is 35.5. The van der Waals surface area contributed by atoms with Crippen molar-refractivity contribution in [3.05, 3.63) is 101 Å². The van der Waals surface area contributed by atoms with Crippen LogP contribution in [0.3, 0.4) is 0 Å². The lowest BCUT2D eigenvalue weighted by molar-refractivity contribution is -0.114. The standard InChI is InChI=1S/C26H19ClN4O2S/c27-19-9-6-17(7-10-19)14-23-25(33)31(21-4-2-1-3-5-21)26(30-23)34-16-24(32)29-20-11-8-18-12-13-28-22(18)15-20/h1-15,28H,16H2,(H,29,32)/b23-14-. The van der Waals surface area contributed by atoms with E-state index in [2.05, 4.69) is 15.3 Å². The van der Waals surface area contributed by atoms with E-state index in [1.54, 1.807) is 18.2 Å². The molecule has 0 spiro atoms. The van der Waals surface area contributed by atoms with Crippen molar-refractivity contribution < 1.29 is 9.59 Å². The lowest BCUT2D eigenvalue weighted by Crippen LogP contribution is -2.31. The summed E-state index contributed by atoms with van der Waals surface area (Å²) in [5.41, 5.74) is 3.45. The normalized spacial score (nSPS) is 14.6. The van der Waals surface area contributed by atoms with Gasteiger partial charge in [0.1, 0.15) is 5.70 Å². The van der Waals surface area contributed by atoms with E-state index in [4.69, 9.17) is 11.6 Å². The maximum atomic E-state index is 13.2. The van der Waals surface area contributed by atoms with Crippen molar-refractivity contribution in [1.82, 2.24) is 4.98 Å². The smallest absolute Gasteiger partial charge is 0.283 e. The number of amides is 2. The summed E-state index contributed by atoms with van der Waals surface area (Å²) in [6.07, 6.45) is 3.57. The number of nitrogens with one attached hydrogen (secondary N) is 2. The number of hydrogen-bond donors (Lipinski definition) is 2. The van der Waals surface area contributed by atoms with Gasteiger partial charge in [0, 0.05) is 22.4 Å². The molecule has 8 heteroatoms. The first kappa shape index (κ1) is 22.0. The van der Waals surface area contributed by atoms with Gasteiger partial charge in [-0.1, -0.05) is 59.8 Å². The number of aliphatic imine (C=N–C) groups is 1. The fourth-order valence-corrected chi connectivity index (χ4v) is 4.51. The number of carbonyl (C=O) groups is 2. The number of nitrogens with zero attached hydrogens (tertiary/aromatic N) is 2. The Bertz CT molecular complexity index is 1430. The van der Waals surface area contributed by atoms with Crippen LogP contribution in [0.5, 0.6) is 0 Å². The van der Waals surface area contributed by atoms with Crippen LogP contribution < -0.4 is 10.2 Å². The van der Waals surface area contributed by atoms with Crippen LogP contribution in [-0.2, 0) is 9.59 Å². The molecule has 0 atom stereocenters. The van der Waals surface area contributed by atoms with Crippen molar-refractivity contribution in [1.29, 1.82) is 0 Å². The molecule has 0 fully saturated rings. The summed E-state index contributed by atoms with van der Waals surface area (Å²) in [5.74, 6) is -0.331. The molecule has 5 rings (SSSR count). The number of hydrogen-bond acceptors (Lipinski definition) is 4. The highest BCUT2D eigenvalue weighted by Gasteiger charge is 2.32. The van der Waals surface area contributed by atoms with Gasteiger partial charge in [0.2, 0.25) is 5.91 Å². The highest BCUT2D eigenvalue weighted by Crippen LogP contribution is 2.29. The number of H-pyrrole nitrogens is 1. The number of anilines is 2. The number of carbonyl (C=O) groups excluding carboxylic acids is 2. The fraction of sp³-hybridized carbons (Fsp3) is 0.0385. The predicted molar refractivity (Wildman–Crippen MR) is 140 cm³/mol. The molecule has 2 N–H and O–H groups in total. The van der Waals surface area contributed by atoms with E-state index in [9.17, 15) is 9.59 Å². The molecule has 1 aliphatic rings. The number of halogens is 1. The predicted octanol–water partition coefficient (Wildman–Crippen LogP) is 5.94. The first-order chi connectivity index (χ1) is 16.6. The SMILES string of the molecule is O=C(CSC1=N/C(=C\c2ccc(Cl)cc2)C(=O)N1c1ccccc1)Nc1ccc2cc[nH]c2c1. The fourth-order valence-electron chi connectivity index (χ4n) is 3.57. The van der Waals surface area contributed by atoms with Crippen molar-refractivity contribution in [2.24, 2.45) is 4.99 Å². The quantitative estimate of drug-likeness (QED) is 0.343. The number of thioether (sulfide) groups is 1. The maximum absolute atomic E-state index is 13.2. The second-order valence-electron chi connectivity index (χ2n) is 7.57. The Balaban J connectivity index is 1.35. The molecule has 1 aromatic heterocycles. The molecule has 0 saturated carbocycles. The second kappa shape index (κ2) is 9.59. The van der Waals surface area contributed by atoms with Crippen molar-refractivity contribution in [2.45, 2.75) is 0 Å². The van der Waals surface area contributed by atoms with Gasteiger partial charge in [0.25, 0.3) is 5.91 Å². The zero-order valence-corrected chi connectivity index (χ0v) is 19.4. The maximum Gasteiger partial charge on any atom is 0.283 e. The number of para-hydroxylation sites is 1. The molecule has 0 bridgehead atoms. The monoisotopic (exact) mass is 486 g/mol. The van der Waals surface area contributed by atoms with E-state index in [0.29, 0.717) is 27.3 Å². The molecule has 2 amide bonds. The lowest BCUT2D eigenvalue weighted by Gasteiger charge is -2.17. The third-order valence-electron chi connectivity index (χ3n) is 5.19. The average Bonchev–Trinajstić information content (AvgIpc) is 3.43. The first-order valence-corrected chi connectivity index (χ1v) is 11.9. The average molecular weight is 487 g/mol. The summed E-state index contributed by atoms with van der Waals surface area (Å²) in [6.45, 7) is 0. The van der Waals surface area contributed by atoms with Crippen LogP contribution in [0.15, 0.2) is 95.7 Å². The van der Waals surface area contributed by atoms with Gasteiger partial charge in [-0.2, -0.15) is 0 Å². The second-order valence-corrected chi connectivity index (χ2v) is 8.95. The Hall–Kier alpha value is -3.81. The summed E-state index contributed by atoms with van der Waals surface area (Å²) in [5, 5.41) is 5.05. The van der Waals surface area contributed by atoms with Crippen LogP contribution in [-0.4, -0.2) is 27.7 Å². The van der Waals surface area contributed by atoms with E-state index >= 15 is 0 Å². The Kier molecular flexibility index (Phi) is 6.20. The third-order valence-corrected chi connectivity index (χ3v) is 6.38. The summed E-state index contributed by atoms with van der Waals surface area (Å²) in [7, 11) is 0. The van der Waals surface area contributed by atoms with Crippen LogP contribution in [0.4, 0.5) is 11.4 Å². The van der Waals surface area contributed by atoms with Gasteiger partial charge in [-0.15, -0.1) is 0 Å². The Morgan fingerprint density at radius 2 is 1.85 bits per heavy atom. The van der Waals surface area contributed by atoms with Gasteiger partial charge in [-0.25, -0.2) is 4.99 Å². The van der Waals surface area contributed by atoms with Crippen molar-refractivity contribution in [2.75, 3.05) is 16.0 Å². The largest absolute Gasteiger partial charge is 0.361 e. The minimum Gasteiger partial charge on any atom is -0.361 e. The van der Waals surface area contributed by atoms with E-state index in [1.807, 2.05) is 72.9 Å². The van der Waals surface area contributed by atoms with Crippen LogP contribution in [0.25, 0.3) is 17.0 Å². The summed E-state index contributed by atoms with van der Waals surface area (Å²) >= 11 is 7.18. The van der Waals surface area contributed by atoms with E-state index in [-0.39, 0.29) is 17.6 Å². The molecular formula is C26H19ClN4O2S. The van der Waals surface area contributed by atoms with Crippen LogP contribution >= 0.6 is 23.4 Å². The van der Waals surface area contributed by atoms with Crippen LogP contribution in [0, 0.1) is 0 Å². The van der Waals surface area contributed by atoms with Gasteiger partial charge in [-0.3, -0.25) is 14.5 Å². The van der Waals surface area contributed by atoms with Crippen molar-refractivity contribution in [3.8, 4) is 0 Å². The van der Waals surface area contributed by atoms with E-state index in [0.717, 1.165) is 16.5 Å². The minimum atomic E-state index is -0.249. The lowest BCUT2D eigenvalue weighted by atomic mass is 10.2. The minimum absolute atomic E-state index is 0.104. The number of aromatic amines is 1. The van der Waals surface area contributed by atoms with Gasteiger partial charge in [-0.05, 0) is 59.5 Å². The van der Waals surface area contributed by atoms with Crippen LogP contribution in [0.2, 0.25) is 5.02 Å². The van der Waals surface area contributed by atoms with Crippen molar-refractivity contribution >= 4 is 68.7 Å². The molecule has 6 nitrogen and oxygen atoms in total. The number of fused-ring (bicyclic) bond motifs is 1. The molecule has 4 aromatic rings. The van der Waals surface area contributed by atoms with Crippen LogP contribution in [0.1, 0.15) is 5.56 Å². The molecular weight excluding hydrogens is 468 g/mol. The zero-order valence-electron chi connectivity index (χ0n) is 17.9. The van der Waals surface area contributed by atoms with E-state index in [1.165, 1.54) is 16.7 Å². The number of amidine groups is 1. The summed E-state index contributed by atoms with van der Waals surface area (Å²) < 4.78 is 0. The number of benzene rings is 3. The van der Waals surface area contributed by atoms with Gasteiger partial charge in [0.05, 0.1) is 11.4 Å². The molecule has 0 unspecified atom stereocenters. The highest BCUT2D eigenvalue weighted by molar-refractivity contribution is 8.14. The molecule has 3 aromatic carbocycles. The molecule has 0 radical (unpaired) electrons. The topological polar surface area (TPSA) is 77.6 Å². The Labute approximate surface area is 205 Å². The van der Waals surface area contributed by atoms with E-state index < -0.39 is 0 Å². The molecule has 1 aliphatic heterocycles. The first-order valence-electron chi connectivity index (χ1n) is 10.5. The molecule has 2 heterocycles.